The number of hydrogen-bond donors (Lipinski definition) is 1. The van der Waals surface area contributed by atoms with E-state index in [1.165, 1.54) is 11.3 Å². The molecule has 5 heteroatoms. The van der Waals surface area contributed by atoms with Crippen LogP contribution in [0.3, 0.4) is 0 Å². The standard InChI is InChI=1S/C13H19N5/c1-9-11(10(2)18(4)17-9)7-12(14-3)13-8-15-5-6-16-13/h5-6,8,12,14H,7H2,1-4H3. The molecule has 0 saturated carbocycles. The summed E-state index contributed by atoms with van der Waals surface area (Å²) < 4.78 is 1.92. The summed E-state index contributed by atoms with van der Waals surface area (Å²) in [6, 6.07) is 0.167. The van der Waals surface area contributed by atoms with Gasteiger partial charge in [0.1, 0.15) is 0 Å². The molecule has 1 N–H and O–H groups in total. The summed E-state index contributed by atoms with van der Waals surface area (Å²) in [5, 5.41) is 7.74. The molecule has 0 aliphatic rings. The Morgan fingerprint density at radius 2 is 2.11 bits per heavy atom. The Kier molecular flexibility index (Phi) is 3.72. The lowest BCUT2D eigenvalue weighted by Crippen LogP contribution is -2.20. The van der Waals surface area contributed by atoms with Gasteiger partial charge in [-0.3, -0.25) is 14.6 Å². The van der Waals surface area contributed by atoms with E-state index in [2.05, 4.69) is 27.3 Å². The van der Waals surface area contributed by atoms with Gasteiger partial charge in [-0.1, -0.05) is 0 Å². The van der Waals surface area contributed by atoms with Crippen LogP contribution in [-0.2, 0) is 13.5 Å². The maximum Gasteiger partial charge on any atom is 0.0759 e. The fourth-order valence-electron chi connectivity index (χ4n) is 2.16. The van der Waals surface area contributed by atoms with Gasteiger partial charge in [0.25, 0.3) is 0 Å². The Hall–Kier alpha value is -1.75. The molecule has 2 heterocycles. The fourth-order valence-corrected chi connectivity index (χ4v) is 2.16. The summed E-state index contributed by atoms with van der Waals surface area (Å²) in [7, 11) is 3.92. The number of aromatic nitrogens is 4. The average Bonchev–Trinajstić information content (AvgIpc) is 2.62. The number of hydrogen-bond acceptors (Lipinski definition) is 4. The number of rotatable bonds is 4. The second kappa shape index (κ2) is 5.27. The molecule has 2 rings (SSSR count). The predicted molar refractivity (Wildman–Crippen MR) is 70.2 cm³/mol. The van der Waals surface area contributed by atoms with Gasteiger partial charge in [0, 0.05) is 31.3 Å². The molecule has 0 fully saturated rings. The van der Waals surface area contributed by atoms with Gasteiger partial charge < -0.3 is 5.32 Å². The molecule has 0 spiro atoms. The van der Waals surface area contributed by atoms with Gasteiger partial charge in [0.2, 0.25) is 0 Å². The summed E-state index contributed by atoms with van der Waals surface area (Å²) in [4.78, 5) is 8.48. The van der Waals surface area contributed by atoms with Crippen molar-refractivity contribution < 1.29 is 0 Å². The summed E-state index contributed by atoms with van der Waals surface area (Å²) in [6.07, 6.45) is 6.10. The van der Waals surface area contributed by atoms with Crippen LogP contribution in [0.4, 0.5) is 0 Å². The minimum Gasteiger partial charge on any atom is -0.311 e. The summed E-state index contributed by atoms with van der Waals surface area (Å²) >= 11 is 0. The van der Waals surface area contributed by atoms with E-state index in [4.69, 9.17) is 0 Å². The maximum absolute atomic E-state index is 4.44. The van der Waals surface area contributed by atoms with E-state index in [0.29, 0.717) is 0 Å². The molecule has 1 atom stereocenters. The van der Waals surface area contributed by atoms with Crippen molar-refractivity contribution in [2.75, 3.05) is 7.05 Å². The van der Waals surface area contributed by atoms with E-state index < -0.39 is 0 Å². The first-order valence-corrected chi connectivity index (χ1v) is 6.05. The Morgan fingerprint density at radius 3 is 2.61 bits per heavy atom. The van der Waals surface area contributed by atoms with Crippen molar-refractivity contribution in [2.24, 2.45) is 7.05 Å². The van der Waals surface area contributed by atoms with Crippen LogP contribution < -0.4 is 5.32 Å². The SMILES string of the molecule is CNC(Cc1c(C)nn(C)c1C)c1cnccn1. The van der Waals surface area contributed by atoms with E-state index in [1.54, 1.807) is 12.4 Å². The summed E-state index contributed by atoms with van der Waals surface area (Å²) in [6.45, 7) is 4.14. The van der Waals surface area contributed by atoms with E-state index in [1.807, 2.05) is 31.9 Å². The fraction of sp³-hybridized carbons (Fsp3) is 0.462. The third-order valence-electron chi connectivity index (χ3n) is 3.36. The molecule has 0 amide bonds. The molecule has 18 heavy (non-hydrogen) atoms. The third kappa shape index (κ3) is 2.41. The molecular weight excluding hydrogens is 226 g/mol. The van der Waals surface area contributed by atoms with Gasteiger partial charge >= 0.3 is 0 Å². The zero-order valence-electron chi connectivity index (χ0n) is 11.3. The van der Waals surface area contributed by atoms with Gasteiger partial charge in [-0.2, -0.15) is 5.10 Å². The minimum atomic E-state index is 0.167. The molecular formula is C13H19N5. The van der Waals surface area contributed by atoms with Crippen LogP contribution in [0.15, 0.2) is 18.6 Å². The monoisotopic (exact) mass is 245 g/mol. The van der Waals surface area contributed by atoms with E-state index in [0.717, 1.165) is 17.8 Å². The quantitative estimate of drug-likeness (QED) is 0.883. The van der Waals surface area contributed by atoms with Crippen molar-refractivity contribution in [3.8, 4) is 0 Å². The lowest BCUT2D eigenvalue weighted by Gasteiger charge is -2.15. The summed E-state index contributed by atoms with van der Waals surface area (Å²) in [5.41, 5.74) is 4.53. The number of aryl methyl sites for hydroxylation is 2. The van der Waals surface area contributed by atoms with Crippen molar-refractivity contribution in [3.05, 3.63) is 41.2 Å². The number of nitrogens with one attached hydrogen (secondary N) is 1. The maximum atomic E-state index is 4.44. The van der Waals surface area contributed by atoms with Gasteiger partial charge in [-0.15, -0.1) is 0 Å². The molecule has 2 aromatic rings. The number of likely N-dealkylation sites (N-methyl/N-ethyl adjacent to an activating group) is 1. The van der Waals surface area contributed by atoms with Gasteiger partial charge in [0.15, 0.2) is 0 Å². The van der Waals surface area contributed by atoms with Gasteiger partial charge in [0.05, 0.1) is 17.4 Å². The summed E-state index contributed by atoms with van der Waals surface area (Å²) in [5.74, 6) is 0. The molecule has 0 aromatic carbocycles. The smallest absolute Gasteiger partial charge is 0.0759 e. The van der Waals surface area contributed by atoms with Crippen LogP contribution in [-0.4, -0.2) is 26.8 Å². The zero-order valence-corrected chi connectivity index (χ0v) is 11.3. The second-order valence-corrected chi connectivity index (χ2v) is 4.45. The zero-order chi connectivity index (χ0) is 13.1. The number of nitrogens with zero attached hydrogens (tertiary/aromatic N) is 4. The lowest BCUT2D eigenvalue weighted by molar-refractivity contribution is 0.570. The lowest BCUT2D eigenvalue weighted by atomic mass is 10.0. The van der Waals surface area contributed by atoms with Crippen LogP contribution in [0.25, 0.3) is 0 Å². The first kappa shape index (κ1) is 12.7. The van der Waals surface area contributed by atoms with Crippen LogP contribution in [0.5, 0.6) is 0 Å². The molecule has 0 aliphatic heterocycles. The van der Waals surface area contributed by atoms with Gasteiger partial charge in [-0.05, 0) is 32.9 Å². The first-order chi connectivity index (χ1) is 8.63. The van der Waals surface area contributed by atoms with Crippen molar-refractivity contribution in [3.63, 3.8) is 0 Å². The highest BCUT2D eigenvalue weighted by molar-refractivity contribution is 5.26. The van der Waals surface area contributed by atoms with E-state index in [-0.39, 0.29) is 6.04 Å². The van der Waals surface area contributed by atoms with Crippen molar-refractivity contribution in [1.82, 2.24) is 25.1 Å². The molecule has 0 aliphatic carbocycles. The molecule has 0 saturated heterocycles. The molecule has 0 bridgehead atoms. The van der Waals surface area contributed by atoms with Crippen molar-refractivity contribution >= 4 is 0 Å². The van der Waals surface area contributed by atoms with Gasteiger partial charge in [-0.25, -0.2) is 0 Å². The predicted octanol–water partition coefficient (Wildman–Crippen LogP) is 1.33. The highest BCUT2D eigenvalue weighted by Crippen LogP contribution is 2.20. The molecule has 2 aromatic heterocycles. The highest BCUT2D eigenvalue weighted by Gasteiger charge is 2.17. The molecule has 96 valence electrons. The third-order valence-corrected chi connectivity index (χ3v) is 3.36. The molecule has 1 unspecified atom stereocenters. The normalized spacial score (nSPS) is 12.7. The largest absolute Gasteiger partial charge is 0.311 e. The van der Waals surface area contributed by atoms with Crippen LogP contribution in [0, 0.1) is 13.8 Å². The Morgan fingerprint density at radius 1 is 1.33 bits per heavy atom. The molecule has 5 nitrogen and oxygen atoms in total. The first-order valence-electron chi connectivity index (χ1n) is 6.05. The van der Waals surface area contributed by atoms with Crippen molar-refractivity contribution in [1.29, 1.82) is 0 Å². The Balaban J connectivity index is 2.26. The van der Waals surface area contributed by atoms with Crippen LogP contribution >= 0.6 is 0 Å². The second-order valence-electron chi connectivity index (χ2n) is 4.45. The topological polar surface area (TPSA) is 55.6 Å². The van der Waals surface area contributed by atoms with Crippen molar-refractivity contribution in [2.45, 2.75) is 26.3 Å². The minimum absolute atomic E-state index is 0.167. The average molecular weight is 245 g/mol. The van der Waals surface area contributed by atoms with Crippen LogP contribution in [0.1, 0.15) is 28.7 Å². The molecule has 0 radical (unpaired) electrons. The van der Waals surface area contributed by atoms with E-state index in [9.17, 15) is 0 Å². The highest BCUT2D eigenvalue weighted by atomic mass is 15.3. The van der Waals surface area contributed by atoms with E-state index >= 15 is 0 Å². The van der Waals surface area contributed by atoms with Crippen LogP contribution in [0.2, 0.25) is 0 Å². The Labute approximate surface area is 107 Å². The Bertz CT molecular complexity index is 518.